The second-order valence-corrected chi connectivity index (χ2v) is 5.61. The highest BCUT2D eigenvalue weighted by Gasteiger charge is 2.30. The van der Waals surface area contributed by atoms with Gasteiger partial charge < -0.3 is 10.6 Å². The van der Waals surface area contributed by atoms with Gasteiger partial charge in [0.15, 0.2) is 5.11 Å². The summed E-state index contributed by atoms with van der Waals surface area (Å²) in [4.78, 5) is 10.9. The molecule has 0 heterocycles. The summed E-state index contributed by atoms with van der Waals surface area (Å²) in [7, 11) is 0. The van der Waals surface area contributed by atoms with Crippen molar-refractivity contribution >= 4 is 40.8 Å². The van der Waals surface area contributed by atoms with Crippen molar-refractivity contribution in [3.63, 3.8) is 0 Å². The Kier molecular flexibility index (Phi) is 6.29. The van der Waals surface area contributed by atoms with Crippen LogP contribution in [0.4, 0.5) is 24.5 Å². The van der Waals surface area contributed by atoms with Gasteiger partial charge in [0, 0.05) is 18.3 Å². The van der Waals surface area contributed by atoms with Crippen molar-refractivity contribution in [2.45, 2.75) is 13.1 Å². The Morgan fingerprint density at radius 1 is 1.08 bits per heavy atom. The first-order valence-electron chi connectivity index (χ1n) is 7.39. The molecular weight excluding hydrogens is 365 g/mol. The van der Waals surface area contributed by atoms with Crippen LogP contribution in [0.25, 0.3) is 0 Å². The summed E-state index contributed by atoms with van der Waals surface area (Å²) in [6.45, 7) is 1.41. The molecule has 9 heteroatoms. The van der Waals surface area contributed by atoms with E-state index in [1.807, 2.05) is 0 Å². The van der Waals surface area contributed by atoms with Crippen molar-refractivity contribution in [1.82, 2.24) is 5.43 Å². The lowest BCUT2D eigenvalue weighted by Crippen LogP contribution is -2.24. The van der Waals surface area contributed by atoms with Gasteiger partial charge in [-0.15, -0.1) is 0 Å². The molecule has 0 aliphatic rings. The van der Waals surface area contributed by atoms with Gasteiger partial charge in [-0.2, -0.15) is 18.3 Å². The number of hydrogen-bond acceptors (Lipinski definition) is 3. The van der Waals surface area contributed by atoms with Crippen LogP contribution in [0.5, 0.6) is 0 Å². The lowest BCUT2D eigenvalue weighted by molar-refractivity contribution is -0.137. The van der Waals surface area contributed by atoms with Crippen molar-refractivity contribution in [3.8, 4) is 0 Å². The SMILES string of the molecule is CC(=O)Nc1ccc(/C=N/NC(=S)Nc2cccc(C(F)(F)F)c2)cc1. The number of thiocarbonyl (C=S) groups is 1. The van der Waals surface area contributed by atoms with E-state index in [0.29, 0.717) is 5.69 Å². The van der Waals surface area contributed by atoms with Gasteiger partial charge in [-0.1, -0.05) is 18.2 Å². The molecule has 0 atom stereocenters. The van der Waals surface area contributed by atoms with E-state index < -0.39 is 11.7 Å². The lowest BCUT2D eigenvalue weighted by atomic mass is 10.2. The van der Waals surface area contributed by atoms with E-state index in [-0.39, 0.29) is 16.7 Å². The number of nitrogens with zero attached hydrogens (tertiary/aromatic N) is 1. The number of rotatable bonds is 4. The first kappa shape index (κ1) is 19.4. The smallest absolute Gasteiger partial charge is 0.331 e. The molecule has 5 nitrogen and oxygen atoms in total. The Hall–Kier alpha value is -2.94. The zero-order chi connectivity index (χ0) is 19.2. The Morgan fingerprint density at radius 3 is 2.38 bits per heavy atom. The molecule has 0 fully saturated rings. The fraction of sp³-hybridized carbons (Fsp3) is 0.118. The first-order chi connectivity index (χ1) is 12.2. The van der Waals surface area contributed by atoms with Gasteiger partial charge >= 0.3 is 6.18 Å². The average molecular weight is 380 g/mol. The molecule has 1 amide bonds. The minimum absolute atomic E-state index is 0.0513. The van der Waals surface area contributed by atoms with E-state index in [4.69, 9.17) is 12.2 Å². The van der Waals surface area contributed by atoms with Crippen LogP contribution in [-0.4, -0.2) is 17.2 Å². The molecule has 0 bridgehead atoms. The fourth-order valence-electron chi connectivity index (χ4n) is 1.95. The molecule has 0 radical (unpaired) electrons. The minimum Gasteiger partial charge on any atom is -0.331 e. The molecule has 0 saturated carbocycles. The molecule has 136 valence electrons. The third kappa shape index (κ3) is 6.17. The number of anilines is 2. The normalized spacial score (nSPS) is 11.2. The average Bonchev–Trinajstić information content (AvgIpc) is 2.55. The van der Waals surface area contributed by atoms with Crippen molar-refractivity contribution in [2.24, 2.45) is 5.10 Å². The van der Waals surface area contributed by atoms with E-state index in [2.05, 4.69) is 21.2 Å². The third-order valence-electron chi connectivity index (χ3n) is 3.06. The zero-order valence-electron chi connectivity index (χ0n) is 13.6. The number of hydrazone groups is 1. The maximum atomic E-state index is 12.7. The molecule has 0 saturated heterocycles. The maximum Gasteiger partial charge on any atom is 0.416 e. The van der Waals surface area contributed by atoms with Crippen LogP contribution >= 0.6 is 12.2 Å². The predicted molar refractivity (Wildman–Crippen MR) is 99.1 cm³/mol. The number of hydrogen-bond donors (Lipinski definition) is 3. The third-order valence-corrected chi connectivity index (χ3v) is 3.25. The topological polar surface area (TPSA) is 65.5 Å². The van der Waals surface area contributed by atoms with Crippen molar-refractivity contribution < 1.29 is 18.0 Å². The summed E-state index contributed by atoms with van der Waals surface area (Å²) in [6.07, 6.45) is -2.94. The van der Waals surface area contributed by atoms with E-state index in [1.165, 1.54) is 25.3 Å². The Balaban J connectivity index is 1.90. The molecular formula is C17H15F3N4OS. The van der Waals surface area contributed by atoms with Gasteiger partial charge in [-0.25, -0.2) is 0 Å². The molecule has 2 aromatic rings. The molecule has 0 aliphatic carbocycles. The highest BCUT2D eigenvalue weighted by atomic mass is 32.1. The number of carbonyl (C=O) groups excluding carboxylic acids is 1. The maximum absolute atomic E-state index is 12.7. The summed E-state index contributed by atoms with van der Waals surface area (Å²) < 4.78 is 38.0. The summed E-state index contributed by atoms with van der Waals surface area (Å²) in [5.41, 5.74) is 3.35. The van der Waals surface area contributed by atoms with Crippen LogP contribution in [0.1, 0.15) is 18.1 Å². The second kappa shape index (κ2) is 8.43. The minimum atomic E-state index is -4.42. The van der Waals surface area contributed by atoms with Crippen LogP contribution in [-0.2, 0) is 11.0 Å². The van der Waals surface area contributed by atoms with Crippen LogP contribution in [0.2, 0.25) is 0 Å². The number of alkyl halides is 3. The predicted octanol–water partition coefficient (Wildman–Crippen LogP) is 3.98. The van der Waals surface area contributed by atoms with Crippen LogP contribution < -0.4 is 16.1 Å². The van der Waals surface area contributed by atoms with Gasteiger partial charge in [-0.3, -0.25) is 10.2 Å². The van der Waals surface area contributed by atoms with E-state index in [0.717, 1.165) is 17.7 Å². The first-order valence-corrected chi connectivity index (χ1v) is 7.80. The molecule has 0 unspecified atom stereocenters. The number of carbonyl (C=O) groups is 1. The summed E-state index contributed by atoms with van der Waals surface area (Å²) in [5.74, 6) is -0.168. The molecule has 3 N–H and O–H groups in total. The molecule has 2 rings (SSSR count). The Bertz CT molecular complexity index is 820. The summed E-state index contributed by atoms with van der Waals surface area (Å²) in [5, 5.41) is 9.23. The monoisotopic (exact) mass is 380 g/mol. The van der Waals surface area contributed by atoms with Crippen LogP contribution in [0.15, 0.2) is 53.6 Å². The second-order valence-electron chi connectivity index (χ2n) is 5.21. The number of benzene rings is 2. The molecule has 26 heavy (non-hydrogen) atoms. The number of amides is 1. The standard InChI is InChI=1S/C17H15F3N4OS/c1-11(25)22-14-7-5-12(6-8-14)10-21-24-16(26)23-15-4-2-3-13(9-15)17(18,19)20/h2-10H,1H3,(H,22,25)(H2,23,24,26)/b21-10+. The highest BCUT2D eigenvalue weighted by molar-refractivity contribution is 7.80. The van der Waals surface area contributed by atoms with Crippen molar-refractivity contribution in [3.05, 3.63) is 59.7 Å². The largest absolute Gasteiger partial charge is 0.416 e. The van der Waals surface area contributed by atoms with Gasteiger partial charge in [0.1, 0.15) is 0 Å². The Morgan fingerprint density at radius 2 is 1.77 bits per heavy atom. The quantitative estimate of drug-likeness (QED) is 0.426. The van der Waals surface area contributed by atoms with E-state index in [9.17, 15) is 18.0 Å². The highest BCUT2D eigenvalue weighted by Crippen LogP contribution is 2.30. The number of halogens is 3. The van der Waals surface area contributed by atoms with Crippen molar-refractivity contribution in [2.75, 3.05) is 10.6 Å². The molecule has 0 aliphatic heterocycles. The van der Waals surface area contributed by atoms with E-state index in [1.54, 1.807) is 24.3 Å². The zero-order valence-corrected chi connectivity index (χ0v) is 14.4. The van der Waals surface area contributed by atoms with Gasteiger partial charge in [0.25, 0.3) is 0 Å². The van der Waals surface area contributed by atoms with Gasteiger partial charge in [0.2, 0.25) is 5.91 Å². The van der Waals surface area contributed by atoms with Gasteiger partial charge in [0.05, 0.1) is 11.8 Å². The van der Waals surface area contributed by atoms with Crippen LogP contribution in [0, 0.1) is 0 Å². The Labute approximate surface area is 153 Å². The fourth-order valence-corrected chi connectivity index (χ4v) is 2.12. The van der Waals surface area contributed by atoms with Gasteiger partial charge in [-0.05, 0) is 48.1 Å². The molecule has 0 spiro atoms. The lowest BCUT2D eigenvalue weighted by Gasteiger charge is -2.10. The number of nitrogens with one attached hydrogen (secondary N) is 3. The van der Waals surface area contributed by atoms with E-state index >= 15 is 0 Å². The van der Waals surface area contributed by atoms with Crippen LogP contribution in [0.3, 0.4) is 0 Å². The summed E-state index contributed by atoms with van der Waals surface area (Å²) >= 11 is 4.99. The van der Waals surface area contributed by atoms with Crippen molar-refractivity contribution in [1.29, 1.82) is 0 Å². The molecule has 2 aromatic carbocycles. The summed E-state index contributed by atoms with van der Waals surface area (Å²) in [6, 6.07) is 11.6. The molecule has 0 aromatic heterocycles.